The second-order valence-corrected chi connectivity index (χ2v) is 5.71. The third kappa shape index (κ3) is 2.28. The number of aromatic nitrogens is 3. The lowest BCUT2D eigenvalue weighted by atomic mass is 9.96. The van der Waals surface area contributed by atoms with Crippen molar-refractivity contribution in [3.05, 3.63) is 12.2 Å². The van der Waals surface area contributed by atoms with Gasteiger partial charge in [-0.1, -0.05) is 0 Å². The Morgan fingerprint density at radius 1 is 1.40 bits per heavy atom. The predicted octanol–water partition coefficient (Wildman–Crippen LogP) is 0.242. The van der Waals surface area contributed by atoms with Gasteiger partial charge in [0.1, 0.15) is 12.2 Å². The molecule has 1 aromatic rings. The lowest BCUT2D eigenvalue weighted by Crippen LogP contribution is -2.41. The largest absolute Gasteiger partial charge is 0.481 e. The maximum atomic E-state index is 12.3. The van der Waals surface area contributed by atoms with Crippen molar-refractivity contribution < 1.29 is 14.7 Å². The Hall–Kier alpha value is -1.92. The van der Waals surface area contributed by atoms with E-state index in [2.05, 4.69) is 10.2 Å². The number of carboxylic acids is 1. The van der Waals surface area contributed by atoms with Crippen LogP contribution in [0.2, 0.25) is 0 Å². The highest BCUT2D eigenvalue weighted by atomic mass is 16.4. The summed E-state index contributed by atoms with van der Waals surface area (Å²) in [6, 6.07) is 0. The molecule has 2 heterocycles. The van der Waals surface area contributed by atoms with Crippen LogP contribution in [-0.2, 0) is 16.6 Å². The maximum Gasteiger partial charge on any atom is 0.307 e. The van der Waals surface area contributed by atoms with Gasteiger partial charge < -0.3 is 14.6 Å². The third-order valence-corrected chi connectivity index (χ3v) is 4.27. The van der Waals surface area contributed by atoms with E-state index in [0.29, 0.717) is 13.0 Å². The minimum atomic E-state index is -0.856. The summed E-state index contributed by atoms with van der Waals surface area (Å²) in [6.07, 6.45) is 4.06. The molecule has 1 N–H and O–H groups in total. The summed E-state index contributed by atoms with van der Waals surface area (Å²) in [5.41, 5.74) is 0. The third-order valence-electron chi connectivity index (χ3n) is 4.27. The summed E-state index contributed by atoms with van der Waals surface area (Å²) in [7, 11) is 1.90. The van der Waals surface area contributed by atoms with Crippen molar-refractivity contribution in [1.82, 2.24) is 19.7 Å². The minimum absolute atomic E-state index is 0.00994. The second kappa shape index (κ2) is 4.88. The fraction of sp³-hybridized carbons (Fsp3) is 0.692. The average Bonchev–Trinajstić information content (AvgIpc) is 3.14. The quantitative estimate of drug-likeness (QED) is 0.855. The number of aliphatic carboxylic acids is 1. The van der Waals surface area contributed by atoms with E-state index in [-0.39, 0.29) is 17.7 Å². The van der Waals surface area contributed by atoms with Crippen molar-refractivity contribution >= 4 is 11.9 Å². The highest BCUT2D eigenvalue weighted by Crippen LogP contribution is 2.41. The van der Waals surface area contributed by atoms with Crippen LogP contribution < -0.4 is 0 Å². The van der Waals surface area contributed by atoms with E-state index >= 15 is 0 Å². The molecule has 1 amide bonds. The minimum Gasteiger partial charge on any atom is -0.481 e. The molecule has 0 aromatic carbocycles. The van der Waals surface area contributed by atoms with Crippen LogP contribution in [0.4, 0.5) is 0 Å². The van der Waals surface area contributed by atoms with Crippen LogP contribution in [0.1, 0.15) is 31.0 Å². The number of carbonyl (C=O) groups is 2. The summed E-state index contributed by atoms with van der Waals surface area (Å²) in [6.45, 7) is 1.34. The molecule has 1 aliphatic heterocycles. The summed E-state index contributed by atoms with van der Waals surface area (Å²) < 4.78 is 1.88. The molecule has 0 radical (unpaired) electrons. The zero-order valence-electron chi connectivity index (χ0n) is 11.4. The Morgan fingerprint density at radius 3 is 2.80 bits per heavy atom. The van der Waals surface area contributed by atoms with Crippen LogP contribution in [0.3, 0.4) is 0 Å². The van der Waals surface area contributed by atoms with Crippen molar-refractivity contribution in [3.63, 3.8) is 0 Å². The van der Waals surface area contributed by atoms with Gasteiger partial charge in [-0.05, 0) is 19.3 Å². The molecule has 1 aliphatic carbocycles. The first kappa shape index (κ1) is 13.1. The first-order valence-corrected chi connectivity index (χ1v) is 6.93. The van der Waals surface area contributed by atoms with Crippen molar-refractivity contribution in [3.8, 4) is 0 Å². The number of carboxylic acid groups (broad SMARTS) is 1. The molecule has 3 rings (SSSR count). The van der Waals surface area contributed by atoms with Crippen molar-refractivity contribution in [2.45, 2.75) is 25.2 Å². The lowest BCUT2D eigenvalue weighted by molar-refractivity contribution is -0.142. The van der Waals surface area contributed by atoms with Crippen LogP contribution >= 0.6 is 0 Å². The van der Waals surface area contributed by atoms with Crippen molar-refractivity contribution in [2.24, 2.45) is 18.9 Å². The number of hydrogen-bond acceptors (Lipinski definition) is 4. The number of hydrogen-bond donors (Lipinski definition) is 1. The van der Waals surface area contributed by atoms with Gasteiger partial charge in [0.05, 0.1) is 11.8 Å². The Kier molecular flexibility index (Phi) is 3.19. The fourth-order valence-corrected chi connectivity index (χ4v) is 3.03. The molecule has 1 saturated carbocycles. The van der Waals surface area contributed by atoms with Gasteiger partial charge in [0.25, 0.3) is 0 Å². The van der Waals surface area contributed by atoms with Gasteiger partial charge in [-0.2, -0.15) is 0 Å². The number of aryl methyl sites for hydroxylation is 1. The fourth-order valence-electron chi connectivity index (χ4n) is 3.03. The Morgan fingerprint density at radius 2 is 2.20 bits per heavy atom. The van der Waals surface area contributed by atoms with Crippen LogP contribution in [0.5, 0.6) is 0 Å². The molecule has 0 spiro atoms. The molecular formula is C13H18N4O3. The summed E-state index contributed by atoms with van der Waals surface area (Å²) in [5, 5.41) is 16.9. The monoisotopic (exact) mass is 278 g/mol. The molecule has 2 fully saturated rings. The average molecular weight is 278 g/mol. The normalized spacial score (nSPS) is 29.2. The van der Waals surface area contributed by atoms with Crippen molar-refractivity contribution in [2.75, 3.05) is 13.1 Å². The maximum absolute atomic E-state index is 12.3. The van der Waals surface area contributed by atoms with Gasteiger partial charge in [0, 0.05) is 26.1 Å². The topological polar surface area (TPSA) is 88.3 Å². The number of nitrogens with zero attached hydrogens (tertiary/aromatic N) is 4. The highest BCUT2D eigenvalue weighted by molar-refractivity contribution is 5.89. The molecule has 3 unspecified atom stereocenters. The number of amides is 1. The first-order valence-electron chi connectivity index (χ1n) is 6.93. The van der Waals surface area contributed by atoms with E-state index in [1.807, 2.05) is 11.6 Å². The molecule has 1 aromatic heterocycles. The predicted molar refractivity (Wildman–Crippen MR) is 68.8 cm³/mol. The van der Waals surface area contributed by atoms with Crippen LogP contribution in [0.15, 0.2) is 6.33 Å². The molecule has 7 heteroatoms. The first-order chi connectivity index (χ1) is 9.58. The zero-order chi connectivity index (χ0) is 14.3. The molecule has 7 nitrogen and oxygen atoms in total. The Balaban J connectivity index is 1.66. The summed E-state index contributed by atoms with van der Waals surface area (Å²) in [5.74, 6) is -0.562. The van der Waals surface area contributed by atoms with E-state index in [4.69, 9.17) is 5.11 Å². The van der Waals surface area contributed by atoms with Gasteiger partial charge in [-0.25, -0.2) is 0 Å². The standard InChI is InChI=1S/C13H18N4O3/c1-16-7-14-15-11(16)8-3-2-4-17(6-8)12(18)9-5-10(9)13(19)20/h7-10H,2-6H2,1H3,(H,19,20). The zero-order valence-corrected chi connectivity index (χ0v) is 11.4. The molecule has 108 valence electrons. The molecule has 2 aliphatic rings. The van der Waals surface area contributed by atoms with E-state index in [1.54, 1.807) is 11.2 Å². The van der Waals surface area contributed by atoms with E-state index in [9.17, 15) is 9.59 Å². The smallest absolute Gasteiger partial charge is 0.307 e. The molecule has 3 atom stereocenters. The van der Waals surface area contributed by atoms with Crippen LogP contribution in [-0.4, -0.2) is 49.7 Å². The second-order valence-electron chi connectivity index (χ2n) is 5.71. The summed E-state index contributed by atoms with van der Waals surface area (Å²) >= 11 is 0. The van der Waals surface area contributed by atoms with Gasteiger partial charge >= 0.3 is 5.97 Å². The van der Waals surface area contributed by atoms with Crippen LogP contribution in [0, 0.1) is 11.8 Å². The number of carbonyl (C=O) groups excluding carboxylic acids is 1. The SMILES string of the molecule is Cn1cnnc1C1CCCN(C(=O)C2CC2C(=O)O)C1. The number of piperidine rings is 1. The van der Waals surface area contributed by atoms with Crippen LogP contribution in [0.25, 0.3) is 0 Å². The molecule has 20 heavy (non-hydrogen) atoms. The van der Waals surface area contributed by atoms with Gasteiger partial charge in [0.15, 0.2) is 0 Å². The Bertz CT molecular complexity index is 541. The van der Waals surface area contributed by atoms with E-state index < -0.39 is 11.9 Å². The van der Waals surface area contributed by atoms with E-state index in [0.717, 1.165) is 25.2 Å². The molecular weight excluding hydrogens is 260 g/mol. The summed E-state index contributed by atoms with van der Waals surface area (Å²) in [4.78, 5) is 25.0. The van der Waals surface area contributed by atoms with Gasteiger partial charge in [0.2, 0.25) is 5.91 Å². The lowest BCUT2D eigenvalue weighted by Gasteiger charge is -2.32. The number of rotatable bonds is 3. The van der Waals surface area contributed by atoms with Gasteiger partial charge in [-0.3, -0.25) is 9.59 Å². The highest BCUT2D eigenvalue weighted by Gasteiger charge is 2.50. The molecule has 1 saturated heterocycles. The van der Waals surface area contributed by atoms with E-state index in [1.165, 1.54) is 0 Å². The Labute approximate surface area is 116 Å². The molecule has 0 bridgehead atoms. The number of likely N-dealkylation sites (tertiary alicyclic amines) is 1. The van der Waals surface area contributed by atoms with Gasteiger partial charge in [-0.15, -0.1) is 10.2 Å². The van der Waals surface area contributed by atoms with Crippen molar-refractivity contribution in [1.29, 1.82) is 0 Å².